The topological polar surface area (TPSA) is 108 Å². The van der Waals surface area contributed by atoms with E-state index in [-0.39, 0.29) is 6.61 Å². The third kappa shape index (κ3) is 2.43. The van der Waals surface area contributed by atoms with Crippen LogP contribution in [0.15, 0.2) is 17.1 Å². The number of tetrazole rings is 1. The highest BCUT2D eigenvalue weighted by Gasteiger charge is 2.20. The number of ether oxygens (including phenoxy) is 1. The van der Waals surface area contributed by atoms with Crippen molar-refractivity contribution >= 4 is 22.6 Å². The fourth-order valence-corrected chi connectivity index (χ4v) is 2.22. The molecule has 1 N–H and O–H groups in total. The number of nitrogens with zero attached hydrogens (tertiary/aromatic N) is 7. The number of aromatic nitrogens is 8. The zero-order valence-electron chi connectivity index (χ0n) is 12.1. The van der Waals surface area contributed by atoms with Crippen LogP contribution in [0, 0.1) is 3.70 Å². The van der Waals surface area contributed by atoms with E-state index in [0.29, 0.717) is 17.3 Å². The molecule has 110 valence electrons. The molecule has 21 heavy (non-hydrogen) atoms. The van der Waals surface area contributed by atoms with Gasteiger partial charge in [-0.3, -0.25) is 9.77 Å². The van der Waals surface area contributed by atoms with Gasteiger partial charge >= 0.3 is 5.69 Å². The summed E-state index contributed by atoms with van der Waals surface area (Å²) in [5.74, 6) is 0.669. The lowest BCUT2D eigenvalue weighted by Crippen LogP contribution is -2.23. The number of halogens is 1. The molecule has 11 heteroatoms. The molecule has 0 aliphatic carbocycles. The van der Waals surface area contributed by atoms with Gasteiger partial charge in [0.25, 0.3) is 0 Å². The van der Waals surface area contributed by atoms with Gasteiger partial charge in [-0.25, -0.2) is 4.79 Å². The van der Waals surface area contributed by atoms with Gasteiger partial charge in [-0.15, -0.1) is 9.78 Å². The van der Waals surface area contributed by atoms with Crippen LogP contribution in [0.3, 0.4) is 0 Å². The molecule has 0 spiro atoms. The summed E-state index contributed by atoms with van der Waals surface area (Å²) in [5.41, 5.74) is 0.288. The Hall–Kier alpha value is -2.18. The van der Waals surface area contributed by atoms with E-state index in [0.717, 1.165) is 18.2 Å². The largest absolute Gasteiger partial charge is 0.471 e. The smallest absolute Gasteiger partial charge is 0.369 e. The minimum Gasteiger partial charge on any atom is -0.471 e. The van der Waals surface area contributed by atoms with Crippen molar-refractivity contribution < 1.29 is 6.15 Å². The van der Waals surface area contributed by atoms with Gasteiger partial charge in [0, 0.05) is 26.4 Å². The van der Waals surface area contributed by atoms with Crippen LogP contribution in [0.2, 0.25) is 1.41 Å². The van der Waals surface area contributed by atoms with E-state index in [2.05, 4.69) is 43.2 Å². The Morgan fingerprint density at radius 2 is 2.24 bits per heavy atom. The first-order valence-electron chi connectivity index (χ1n) is 6.30. The molecule has 0 bridgehead atoms. The summed E-state index contributed by atoms with van der Waals surface area (Å²) in [5, 5.41) is 16.5. The van der Waals surface area contributed by atoms with E-state index in [1.54, 1.807) is 17.8 Å². The van der Waals surface area contributed by atoms with Gasteiger partial charge in [0.1, 0.15) is 10.3 Å². The van der Waals surface area contributed by atoms with Gasteiger partial charge < -0.3 is 4.74 Å². The number of aromatic amines is 1. The molecule has 0 aliphatic heterocycles. The number of H-pyrrole nitrogens is 1. The van der Waals surface area contributed by atoms with E-state index in [9.17, 15) is 4.79 Å². The first-order valence-corrected chi connectivity index (χ1v) is 6.93. The second kappa shape index (κ2) is 5.31. The van der Waals surface area contributed by atoms with Crippen LogP contribution in [-0.2, 0) is 20.7 Å². The van der Waals surface area contributed by atoms with E-state index < -0.39 is 5.69 Å². The second-order valence-electron chi connectivity index (χ2n) is 4.17. The molecule has 3 aromatic heterocycles. The minimum atomic E-state index is -0.397. The molecule has 0 unspecified atom stereocenters. The summed E-state index contributed by atoms with van der Waals surface area (Å²) in [6.45, 7) is 0.140. The lowest BCUT2D eigenvalue weighted by Gasteiger charge is -2.03. The maximum Gasteiger partial charge on any atom is 0.369 e. The summed E-state index contributed by atoms with van der Waals surface area (Å²) in [7, 11) is 3.27. The van der Waals surface area contributed by atoms with Gasteiger partial charge in [0.2, 0.25) is 5.88 Å². The molecule has 0 fully saturated rings. The number of rotatable bonds is 4. The Bertz CT molecular complexity index is 878. The average Bonchev–Trinajstić information content (AvgIpc) is 3.11. The summed E-state index contributed by atoms with van der Waals surface area (Å²) < 4.78 is 17.5. The molecule has 3 rings (SSSR count). The van der Waals surface area contributed by atoms with Crippen molar-refractivity contribution in [1.82, 2.24) is 39.8 Å². The molecular formula is C10H11IN8O2. The molecule has 10 nitrogen and oxygen atoms in total. The molecular weight excluding hydrogens is 391 g/mol. The average molecular weight is 404 g/mol. The van der Waals surface area contributed by atoms with Crippen LogP contribution < -0.4 is 10.4 Å². The van der Waals surface area contributed by atoms with Crippen LogP contribution in [0.25, 0.3) is 5.82 Å². The molecule has 3 heterocycles. The summed E-state index contributed by atoms with van der Waals surface area (Å²) >= 11 is 2.11. The fourth-order valence-electron chi connectivity index (χ4n) is 1.72. The SMILES string of the molecule is [3H]n1ccc(OCc2c(-n3nnn(C)c3=O)nn(C)c2I)n1. The molecule has 0 aromatic carbocycles. The van der Waals surface area contributed by atoms with Gasteiger partial charge in [0.05, 0.1) is 5.56 Å². The van der Waals surface area contributed by atoms with Crippen molar-refractivity contribution in [2.75, 3.05) is 0 Å². The Kier molecular flexibility index (Phi) is 3.17. The Morgan fingerprint density at radius 3 is 2.86 bits per heavy atom. The predicted molar refractivity (Wildman–Crippen MR) is 79.0 cm³/mol. The normalized spacial score (nSPS) is 11.7. The predicted octanol–water partition coefficient (Wildman–Crippen LogP) is -0.394. The molecule has 0 radical (unpaired) electrons. The van der Waals surface area contributed by atoms with E-state index in [1.807, 2.05) is 0 Å². The van der Waals surface area contributed by atoms with Crippen molar-refractivity contribution in [3.63, 3.8) is 0 Å². The Morgan fingerprint density at radius 1 is 1.43 bits per heavy atom. The quantitative estimate of drug-likeness (QED) is 0.594. The monoisotopic (exact) mass is 404 g/mol. The van der Waals surface area contributed by atoms with E-state index in [1.165, 1.54) is 13.2 Å². The number of nitrogens with one attached hydrogen (secondary N) is 1. The van der Waals surface area contributed by atoms with E-state index >= 15 is 0 Å². The molecule has 3 aromatic rings. The lowest BCUT2D eigenvalue weighted by molar-refractivity contribution is 0.292. The number of hydrogen-bond donors (Lipinski definition) is 1. The van der Waals surface area contributed by atoms with Crippen molar-refractivity contribution in [1.29, 1.82) is 0 Å². The van der Waals surface area contributed by atoms with Crippen LogP contribution in [0.4, 0.5) is 0 Å². The highest BCUT2D eigenvalue weighted by atomic mass is 127. The van der Waals surface area contributed by atoms with Crippen molar-refractivity contribution in [3.05, 3.63) is 32.0 Å². The molecule has 0 saturated carbocycles. The number of aryl methyl sites for hydroxylation is 2. The van der Waals surface area contributed by atoms with Gasteiger partial charge in [0.15, 0.2) is 7.23 Å². The maximum atomic E-state index is 12.0. The molecule has 0 amide bonds. The first-order chi connectivity index (χ1) is 10.5. The zero-order chi connectivity index (χ0) is 15.9. The Balaban J connectivity index is 1.96. The lowest BCUT2D eigenvalue weighted by atomic mass is 10.3. The van der Waals surface area contributed by atoms with Gasteiger partial charge in [-0.2, -0.15) is 9.78 Å². The minimum absolute atomic E-state index is 0.140. The molecule has 0 aliphatic rings. The third-order valence-corrected chi connectivity index (χ3v) is 4.12. The summed E-state index contributed by atoms with van der Waals surface area (Å²) in [6.07, 6.45) is 1.46. The standard InChI is InChI=1S/C10H11IN8O2/c1-17-8(11)6(5-21-7-3-4-12-13-7)9(14-17)19-10(20)18(2)15-16-19/h3-4H,5H2,1-2H3,(H,12,13)/i/hT. The first kappa shape index (κ1) is 12.6. The summed E-state index contributed by atoms with van der Waals surface area (Å²) in [6, 6.07) is 1.57. The second-order valence-corrected chi connectivity index (χ2v) is 5.19. The van der Waals surface area contributed by atoms with Crippen molar-refractivity contribution in [2.24, 2.45) is 14.1 Å². The van der Waals surface area contributed by atoms with Crippen LogP contribution in [-0.4, -0.2) is 39.8 Å². The highest BCUT2D eigenvalue weighted by Crippen LogP contribution is 2.20. The Labute approximate surface area is 133 Å². The third-order valence-electron chi connectivity index (χ3n) is 2.77. The molecule has 0 atom stereocenters. The maximum absolute atomic E-state index is 12.0. The van der Waals surface area contributed by atoms with Crippen LogP contribution in [0.5, 0.6) is 5.88 Å². The molecule has 0 saturated heterocycles. The van der Waals surface area contributed by atoms with Crippen LogP contribution >= 0.6 is 22.6 Å². The van der Waals surface area contributed by atoms with Crippen LogP contribution in [0.1, 0.15) is 5.56 Å². The van der Waals surface area contributed by atoms with Gasteiger partial charge in [-0.1, -0.05) is 0 Å². The number of hydrogen-bond acceptors (Lipinski definition) is 6. The fraction of sp³-hybridized carbons (Fsp3) is 0.300. The van der Waals surface area contributed by atoms with Gasteiger partial charge in [-0.05, 0) is 33.0 Å². The van der Waals surface area contributed by atoms with Crippen molar-refractivity contribution in [3.8, 4) is 11.7 Å². The zero-order valence-corrected chi connectivity index (χ0v) is 13.3. The summed E-state index contributed by atoms with van der Waals surface area (Å²) in [4.78, 5) is 12.0. The highest BCUT2D eigenvalue weighted by molar-refractivity contribution is 14.1. The van der Waals surface area contributed by atoms with Crippen molar-refractivity contribution in [2.45, 2.75) is 6.61 Å². The van der Waals surface area contributed by atoms with E-state index in [4.69, 9.17) is 6.15 Å².